The van der Waals surface area contributed by atoms with Crippen LogP contribution in [-0.2, 0) is 9.59 Å². The molecule has 1 atom stereocenters. The van der Waals surface area contributed by atoms with Crippen LogP contribution in [0.4, 0.5) is 4.39 Å². The minimum absolute atomic E-state index is 0.0192. The van der Waals surface area contributed by atoms with Gasteiger partial charge in [0.15, 0.2) is 0 Å². The molecule has 0 bridgehead atoms. The lowest BCUT2D eigenvalue weighted by Crippen LogP contribution is -2.30. The van der Waals surface area contributed by atoms with E-state index >= 15 is 0 Å². The molecule has 2 N–H and O–H groups in total. The maximum Gasteiger partial charge on any atom is 0.295 e. The van der Waals surface area contributed by atoms with Crippen molar-refractivity contribution in [2.75, 3.05) is 13.7 Å². The van der Waals surface area contributed by atoms with Gasteiger partial charge in [-0.1, -0.05) is 31.9 Å². The number of rotatable bonds is 7. The Balaban J connectivity index is 2.19. The average Bonchev–Trinajstić information content (AvgIpc) is 2.98. The van der Waals surface area contributed by atoms with E-state index in [-0.39, 0.29) is 22.6 Å². The Kier molecular flexibility index (Phi) is 6.40. The molecule has 0 radical (unpaired) electrons. The van der Waals surface area contributed by atoms with E-state index in [1.54, 1.807) is 12.1 Å². The van der Waals surface area contributed by atoms with E-state index in [0.29, 0.717) is 18.5 Å². The Bertz CT molecular complexity index is 1000. The summed E-state index contributed by atoms with van der Waals surface area (Å²) in [6.45, 7) is 2.34. The van der Waals surface area contributed by atoms with E-state index in [1.165, 1.54) is 36.3 Å². The number of nitrogens with zero attached hydrogens (tertiary/aromatic N) is 1. The fourth-order valence-electron chi connectivity index (χ4n) is 3.69. The lowest BCUT2D eigenvalue weighted by molar-refractivity contribution is -0.139. The third-order valence-corrected chi connectivity index (χ3v) is 5.15. The number of benzene rings is 2. The smallest absolute Gasteiger partial charge is 0.295 e. The first-order valence-corrected chi connectivity index (χ1v) is 9.80. The molecular weight excluding hydrogens is 389 g/mol. The number of carbonyl (C=O) groups is 2. The van der Waals surface area contributed by atoms with Crippen LogP contribution in [0.2, 0.25) is 0 Å². The number of unbranched alkanes of at least 4 members (excludes halogenated alkanes) is 2. The monoisotopic (exact) mass is 413 g/mol. The number of Topliss-reactive ketones (excluding diaryl/α,β-unsaturated/α-hetero) is 1. The van der Waals surface area contributed by atoms with Gasteiger partial charge in [-0.2, -0.15) is 0 Å². The van der Waals surface area contributed by atoms with Gasteiger partial charge in [0.05, 0.1) is 24.3 Å². The predicted octanol–water partition coefficient (Wildman–Crippen LogP) is 4.15. The standard InChI is InChI=1S/C23H24FNO5/c1-3-4-5-11-25-20(14-7-6-8-16(26)12-14)19(22(28)23(25)29)21(27)17-13-15(24)9-10-18(17)30-2/h6-10,12-13,20,26-27H,3-5,11H2,1-2H3/b21-19+. The van der Waals surface area contributed by atoms with Gasteiger partial charge in [-0.05, 0) is 42.3 Å². The van der Waals surface area contributed by atoms with Crippen LogP contribution in [0.15, 0.2) is 48.0 Å². The van der Waals surface area contributed by atoms with Crippen molar-refractivity contribution >= 4 is 17.4 Å². The van der Waals surface area contributed by atoms with Gasteiger partial charge in [-0.3, -0.25) is 9.59 Å². The second-order valence-electron chi connectivity index (χ2n) is 7.14. The normalized spacial score (nSPS) is 18.1. The van der Waals surface area contributed by atoms with Crippen molar-refractivity contribution in [3.8, 4) is 11.5 Å². The van der Waals surface area contributed by atoms with Gasteiger partial charge < -0.3 is 19.8 Å². The van der Waals surface area contributed by atoms with E-state index in [2.05, 4.69) is 0 Å². The van der Waals surface area contributed by atoms with E-state index in [9.17, 15) is 24.2 Å². The molecule has 0 saturated carbocycles. The van der Waals surface area contributed by atoms with Crippen LogP contribution >= 0.6 is 0 Å². The number of aromatic hydroxyl groups is 1. The van der Waals surface area contributed by atoms with E-state index in [0.717, 1.165) is 18.9 Å². The molecule has 6 nitrogen and oxygen atoms in total. The Morgan fingerprint density at radius 3 is 2.60 bits per heavy atom. The van der Waals surface area contributed by atoms with Crippen molar-refractivity contribution in [2.24, 2.45) is 0 Å². The largest absolute Gasteiger partial charge is 0.508 e. The maximum absolute atomic E-state index is 13.9. The lowest BCUT2D eigenvalue weighted by Gasteiger charge is -2.25. The first-order valence-electron chi connectivity index (χ1n) is 9.80. The molecular formula is C23H24FNO5. The van der Waals surface area contributed by atoms with Crippen molar-refractivity contribution in [3.63, 3.8) is 0 Å². The van der Waals surface area contributed by atoms with Crippen LogP contribution in [0, 0.1) is 5.82 Å². The summed E-state index contributed by atoms with van der Waals surface area (Å²) in [4.78, 5) is 27.1. The third kappa shape index (κ3) is 4.01. The molecule has 0 aliphatic carbocycles. The van der Waals surface area contributed by atoms with Gasteiger partial charge in [0.1, 0.15) is 23.1 Å². The highest BCUT2D eigenvalue weighted by Gasteiger charge is 2.46. The zero-order valence-electron chi connectivity index (χ0n) is 16.9. The predicted molar refractivity (Wildman–Crippen MR) is 110 cm³/mol. The van der Waals surface area contributed by atoms with Crippen LogP contribution in [0.1, 0.15) is 43.4 Å². The second kappa shape index (κ2) is 8.98. The van der Waals surface area contributed by atoms with Crippen molar-refractivity contribution < 1.29 is 28.9 Å². The molecule has 1 heterocycles. The number of phenolic OH excluding ortho intramolecular Hbond substituents is 1. The molecule has 0 spiro atoms. The highest BCUT2D eigenvalue weighted by Crippen LogP contribution is 2.41. The summed E-state index contributed by atoms with van der Waals surface area (Å²) in [6, 6.07) is 8.84. The average molecular weight is 413 g/mol. The van der Waals surface area contributed by atoms with E-state index < -0.39 is 29.3 Å². The van der Waals surface area contributed by atoms with Crippen LogP contribution in [0.25, 0.3) is 5.76 Å². The molecule has 0 aromatic heterocycles. The number of ether oxygens (including phenoxy) is 1. The van der Waals surface area contributed by atoms with Crippen molar-refractivity contribution in [1.82, 2.24) is 4.90 Å². The molecule has 1 aliphatic rings. The van der Waals surface area contributed by atoms with E-state index in [4.69, 9.17) is 4.74 Å². The molecule has 7 heteroatoms. The molecule has 1 fully saturated rings. The van der Waals surface area contributed by atoms with Gasteiger partial charge in [-0.15, -0.1) is 0 Å². The number of hydrogen-bond donors (Lipinski definition) is 2. The summed E-state index contributed by atoms with van der Waals surface area (Å²) in [7, 11) is 1.36. The van der Waals surface area contributed by atoms with Gasteiger partial charge in [0.2, 0.25) is 0 Å². The molecule has 1 unspecified atom stereocenters. The Hall–Kier alpha value is -3.35. The van der Waals surface area contributed by atoms with Gasteiger partial charge in [0, 0.05) is 6.54 Å². The van der Waals surface area contributed by atoms with Gasteiger partial charge in [0.25, 0.3) is 11.7 Å². The Morgan fingerprint density at radius 2 is 1.93 bits per heavy atom. The number of halogens is 1. The summed E-state index contributed by atoms with van der Waals surface area (Å²) >= 11 is 0. The SMILES string of the molecule is CCCCCN1C(=O)C(=O)/C(=C(/O)c2cc(F)ccc2OC)C1c1cccc(O)c1. The maximum atomic E-state index is 13.9. The van der Waals surface area contributed by atoms with Crippen LogP contribution in [0.5, 0.6) is 11.5 Å². The third-order valence-electron chi connectivity index (χ3n) is 5.15. The molecule has 2 aromatic rings. The van der Waals surface area contributed by atoms with Crippen molar-refractivity contribution in [2.45, 2.75) is 32.2 Å². The highest BCUT2D eigenvalue weighted by molar-refractivity contribution is 6.46. The van der Waals surface area contributed by atoms with Gasteiger partial charge >= 0.3 is 0 Å². The Morgan fingerprint density at radius 1 is 1.17 bits per heavy atom. The summed E-state index contributed by atoms with van der Waals surface area (Å²) < 4.78 is 19.1. The zero-order valence-corrected chi connectivity index (χ0v) is 16.9. The number of ketones is 1. The van der Waals surface area contributed by atoms with Crippen LogP contribution < -0.4 is 4.74 Å². The molecule has 158 valence electrons. The van der Waals surface area contributed by atoms with Gasteiger partial charge in [-0.25, -0.2) is 4.39 Å². The number of carbonyl (C=O) groups excluding carboxylic acids is 2. The van der Waals surface area contributed by atoms with Crippen LogP contribution in [-0.4, -0.2) is 40.5 Å². The minimum Gasteiger partial charge on any atom is -0.508 e. The van der Waals surface area contributed by atoms with Crippen LogP contribution in [0.3, 0.4) is 0 Å². The molecule has 1 amide bonds. The topological polar surface area (TPSA) is 87.1 Å². The number of amides is 1. The molecule has 1 aliphatic heterocycles. The number of phenols is 1. The van der Waals surface area contributed by atoms with Crippen molar-refractivity contribution in [1.29, 1.82) is 0 Å². The Labute approximate surface area is 174 Å². The minimum atomic E-state index is -0.901. The first-order chi connectivity index (χ1) is 14.4. The number of methoxy groups -OCH3 is 1. The number of aliphatic hydroxyl groups is 1. The quantitative estimate of drug-likeness (QED) is 0.308. The first kappa shape index (κ1) is 21.4. The summed E-state index contributed by atoms with van der Waals surface area (Å²) in [5.41, 5.74) is 0.294. The van der Waals surface area contributed by atoms with E-state index in [1.807, 2.05) is 6.92 Å². The zero-order chi connectivity index (χ0) is 21.8. The fourth-order valence-corrected chi connectivity index (χ4v) is 3.69. The number of likely N-dealkylation sites (tertiary alicyclic amines) is 1. The van der Waals surface area contributed by atoms with Crippen molar-refractivity contribution in [3.05, 3.63) is 65.0 Å². The molecule has 2 aromatic carbocycles. The number of aliphatic hydroxyl groups excluding tert-OH is 1. The number of hydrogen-bond acceptors (Lipinski definition) is 5. The summed E-state index contributed by atoms with van der Waals surface area (Å²) in [6.07, 6.45) is 2.48. The summed E-state index contributed by atoms with van der Waals surface area (Å²) in [5.74, 6) is -2.60. The molecule has 30 heavy (non-hydrogen) atoms. The lowest BCUT2D eigenvalue weighted by atomic mass is 9.94. The second-order valence-corrected chi connectivity index (χ2v) is 7.14. The highest BCUT2D eigenvalue weighted by atomic mass is 19.1. The molecule has 1 saturated heterocycles. The molecule has 3 rings (SSSR count). The summed E-state index contributed by atoms with van der Waals surface area (Å²) in [5, 5.41) is 20.9. The fraction of sp³-hybridized carbons (Fsp3) is 0.304.